The largest absolute Gasteiger partial charge is 0.484 e. The van der Waals surface area contributed by atoms with Gasteiger partial charge >= 0.3 is 0 Å². The number of carbonyl (C=O) groups excluding carboxylic acids is 1. The van der Waals surface area contributed by atoms with Crippen LogP contribution in [0.2, 0.25) is 0 Å². The number of para-hydroxylation sites is 2. The number of nitrogens with one attached hydrogen (secondary N) is 2. The Kier molecular flexibility index (Phi) is 5.35. The van der Waals surface area contributed by atoms with E-state index in [9.17, 15) is 14.9 Å². The van der Waals surface area contributed by atoms with Gasteiger partial charge in [0.05, 0.1) is 22.0 Å². The van der Waals surface area contributed by atoms with Gasteiger partial charge in [-0.05, 0) is 30.2 Å². The smallest absolute Gasteiger partial charge is 0.269 e. The second-order valence-electron chi connectivity index (χ2n) is 6.47. The van der Waals surface area contributed by atoms with Gasteiger partial charge in [-0.1, -0.05) is 26.0 Å². The predicted molar refractivity (Wildman–Crippen MR) is 100 cm³/mol. The topological polar surface area (TPSA) is 110 Å². The molecule has 3 aromatic rings. The quantitative estimate of drug-likeness (QED) is 0.491. The van der Waals surface area contributed by atoms with Crippen LogP contribution in [0.25, 0.3) is 11.0 Å². The standard InChI is InChI=1S/C19H20N4O4/c1-12(2)18(19-20-15-5-3-4-6-16(15)21-19)22-17(24)11-27-14-9-7-13(8-10-14)23(25)26/h3-10,12,18H,11H2,1-2H3,(H,20,21)(H,22,24). The minimum atomic E-state index is -0.489. The molecule has 27 heavy (non-hydrogen) atoms. The number of imidazole rings is 1. The number of amides is 1. The van der Waals surface area contributed by atoms with Gasteiger partial charge in [0, 0.05) is 12.1 Å². The van der Waals surface area contributed by atoms with E-state index < -0.39 is 4.92 Å². The Bertz CT molecular complexity index is 917. The Morgan fingerprint density at radius 2 is 1.93 bits per heavy atom. The summed E-state index contributed by atoms with van der Waals surface area (Å²) in [5.74, 6) is 0.900. The second-order valence-corrected chi connectivity index (χ2v) is 6.47. The lowest BCUT2D eigenvalue weighted by atomic mass is 10.0. The highest BCUT2D eigenvalue weighted by Crippen LogP contribution is 2.22. The summed E-state index contributed by atoms with van der Waals surface area (Å²) in [5.41, 5.74) is 1.72. The summed E-state index contributed by atoms with van der Waals surface area (Å²) in [4.78, 5) is 30.3. The lowest BCUT2D eigenvalue weighted by Crippen LogP contribution is -2.35. The summed E-state index contributed by atoms with van der Waals surface area (Å²) in [6.45, 7) is 3.80. The molecule has 0 saturated carbocycles. The van der Waals surface area contributed by atoms with Crippen molar-refractivity contribution in [3.63, 3.8) is 0 Å². The van der Waals surface area contributed by atoms with Crippen molar-refractivity contribution in [3.05, 3.63) is 64.5 Å². The number of non-ortho nitro benzene ring substituents is 1. The molecule has 2 aromatic carbocycles. The van der Waals surface area contributed by atoms with E-state index >= 15 is 0 Å². The van der Waals surface area contributed by atoms with Crippen molar-refractivity contribution in [2.75, 3.05) is 6.61 Å². The van der Waals surface area contributed by atoms with Crippen LogP contribution in [0.15, 0.2) is 48.5 Å². The zero-order chi connectivity index (χ0) is 19.4. The lowest BCUT2D eigenvalue weighted by molar-refractivity contribution is -0.384. The molecule has 0 radical (unpaired) electrons. The average Bonchev–Trinajstić information content (AvgIpc) is 3.08. The van der Waals surface area contributed by atoms with Gasteiger partial charge in [0.2, 0.25) is 0 Å². The summed E-state index contributed by atoms with van der Waals surface area (Å²) in [6.07, 6.45) is 0. The monoisotopic (exact) mass is 368 g/mol. The molecule has 2 N–H and O–H groups in total. The summed E-state index contributed by atoms with van der Waals surface area (Å²) in [7, 11) is 0. The minimum absolute atomic E-state index is 0.0310. The van der Waals surface area contributed by atoms with Crippen LogP contribution in [0.4, 0.5) is 5.69 Å². The molecule has 1 heterocycles. The fourth-order valence-corrected chi connectivity index (χ4v) is 2.70. The van der Waals surface area contributed by atoms with Crippen LogP contribution in [-0.2, 0) is 4.79 Å². The molecule has 8 heteroatoms. The first-order chi connectivity index (χ1) is 12.9. The zero-order valence-electron chi connectivity index (χ0n) is 15.0. The molecule has 1 aromatic heterocycles. The fraction of sp³-hybridized carbons (Fsp3) is 0.263. The number of nitrogens with zero attached hydrogens (tertiary/aromatic N) is 2. The second kappa shape index (κ2) is 7.86. The Labute approximate surface area is 155 Å². The van der Waals surface area contributed by atoms with E-state index in [-0.39, 0.29) is 30.2 Å². The molecule has 140 valence electrons. The SMILES string of the molecule is CC(C)C(NC(=O)COc1ccc([N+](=O)[O-])cc1)c1nc2ccccc2[nH]1. The van der Waals surface area contributed by atoms with E-state index in [0.29, 0.717) is 11.6 Å². The summed E-state index contributed by atoms with van der Waals surface area (Å²) >= 11 is 0. The number of hydrogen-bond donors (Lipinski definition) is 2. The molecule has 1 amide bonds. The van der Waals surface area contributed by atoms with Crippen molar-refractivity contribution in [2.45, 2.75) is 19.9 Å². The first kappa shape index (κ1) is 18.4. The molecule has 0 spiro atoms. The molecule has 0 aliphatic carbocycles. The van der Waals surface area contributed by atoms with E-state index in [1.165, 1.54) is 24.3 Å². The molecule has 1 atom stereocenters. The summed E-state index contributed by atoms with van der Waals surface area (Å²) < 4.78 is 5.41. The number of rotatable bonds is 7. The molecule has 8 nitrogen and oxygen atoms in total. The maximum atomic E-state index is 12.3. The van der Waals surface area contributed by atoms with Gasteiger partial charge in [0.15, 0.2) is 6.61 Å². The van der Waals surface area contributed by atoms with Gasteiger partial charge in [-0.25, -0.2) is 4.98 Å². The maximum Gasteiger partial charge on any atom is 0.269 e. The Balaban J connectivity index is 1.64. The molecule has 0 saturated heterocycles. The van der Waals surface area contributed by atoms with Crippen molar-refractivity contribution in [2.24, 2.45) is 5.92 Å². The van der Waals surface area contributed by atoms with E-state index in [0.717, 1.165) is 11.0 Å². The molecular weight excluding hydrogens is 348 g/mol. The number of carbonyl (C=O) groups is 1. The van der Waals surface area contributed by atoms with Gasteiger partial charge in [-0.15, -0.1) is 0 Å². The van der Waals surface area contributed by atoms with Crippen molar-refractivity contribution in [3.8, 4) is 5.75 Å². The van der Waals surface area contributed by atoms with Gasteiger partial charge in [-0.3, -0.25) is 14.9 Å². The number of fused-ring (bicyclic) bond motifs is 1. The number of aromatic nitrogens is 2. The number of ether oxygens (including phenoxy) is 1. The summed E-state index contributed by atoms with van der Waals surface area (Å²) in [6, 6.07) is 13.0. The lowest BCUT2D eigenvalue weighted by Gasteiger charge is -2.20. The highest BCUT2D eigenvalue weighted by Gasteiger charge is 2.22. The van der Waals surface area contributed by atoms with Gasteiger partial charge < -0.3 is 15.0 Å². The first-order valence-corrected chi connectivity index (χ1v) is 8.55. The van der Waals surface area contributed by atoms with Gasteiger partial charge in [0.25, 0.3) is 11.6 Å². The third-order valence-corrected chi connectivity index (χ3v) is 4.10. The van der Waals surface area contributed by atoms with E-state index in [1.54, 1.807) is 0 Å². The third-order valence-electron chi connectivity index (χ3n) is 4.10. The van der Waals surface area contributed by atoms with Crippen LogP contribution >= 0.6 is 0 Å². The number of H-pyrrole nitrogens is 1. The third kappa shape index (κ3) is 4.41. The predicted octanol–water partition coefficient (Wildman–Crippen LogP) is 3.36. The summed E-state index contributed by atoms with van der Waals surface area (Å²) in [5, 5.41) is 13.6. The fourth-order valence-electron chi connectivity index (χ4n) is 2.70. The van der Waals surface area contributed by atoms with Crippen molar-refractivity contribution in [1.82, 2.24) is 15.3 Å². The molecule has 0 fully saturated rings. The van der Waals surface area contributed by atoms with Gasteiger partial charge in [0.1, 0.15) is 11.6 Å². The highest BCUT2D eigenvalue weighted by molar-refractivity contribution is 5.78. The Morgan fingerprint density at radius 3 is 2.56 bits per heavy atom. The number of hydrogen-bond acceptors (Lipinski definition) is 5. The molecule has 3 rings (SSSR count). The van der Waals surface area contributed by atoms with E-state index in [2.05, 4.69) is 15.3 Å². The van der Waals surface area contributed by atoms with E-state index in [1.807, 2.05) is 38.1 Å². The van der Waals surface area contributed by atoms with Crippen LogP contribution in [0.5, 0.6) is 5.75 Å². The molecule has 1 unspecified atom stereocenters. The maximum absolute atomic E-state index is 12.3. The Morgan fingerprint density at radius 1 is 1.22 bits per heavy atom. The number of nitro groups is 1. The normalized spacial score (nSPS) is 12.1. The van der Waals surface area contributed by atoms with E-state index in [4.69, 9.17) is 4.74 Å². The van der Waals surface area contributed by atoms with Crippen LogP contribution in [0.1, 0.15) is 25.7 Å². The highest BCUT2D eigenvalue weighted by atomic mass is 16.6. The number of nitro benzene ring substituents is 1. The minimum Gasteiger partial charge on any atom is -0.484 e. The first-order valence-electron chi connectivity index (χ1n) is 8.55. The number of benzene rings is 2. The van der Waals surface area contributed by atoms with Crippen LogP contribution in [-0.4, -0.2) is 27.4 Å². The Hall–Kier alpha value is -3.42. The van der Waals surface area contributed by atoms with Crippen LogP contribution < -0.4 is 10.1 Å². The molecule has 0 bridgehead atoms. The van der Waals surface area contributed by atoms with Crippen LogP contribution in [0.3, 0.4) is 0 Å². The molecule has 0 aliphatic heterocycles. The van der Waals surface area contributed by atoms with Crippen molar-refractivity contribution in [1.29, 1.82) is 0 Å². The zero-order valence-corrected chi connectivity index (χ0v) is 15.0. The molecule has 0 aliphatic rings. The molecular formula is C19H20N4O4. The van der Waals surface area contributed by atoms with Crippen molar-refractivity contribution >= 4 is 22.6 Å². The van der Waals surface area contributed by atoms with Crippen LogP contribution in [0, 0.1) is 16.0 Å². The van der Waals surface area contributed by atoms with Gasteiger partial charge in [-0.2, -0.15) is 0 Å². The van der Waals surface area contributed by atoms with Crippen molar-refractivity contribution < 1.29 is 14.5 Å². The number of aromatic amines is 1. The average molecular weight is 368 g/mol.